The molecule has 2 rings (SSSR count). The van der Waals surface area contributed by atoms with E-state index >= 15 is 0 Å². The predicted octanol–water partition coefficient (Wildman–Crippen LogP) is 3.53. The van der Waals surface area contributed by atoms with Gasteiger partial charge in [-0.3, -0.25) is 0 Å². The molecule has 5 heteroatoms. The lowest BCUT2D eigenvalue weighted by Gasteiger charge is -2.16. The van der Waals surface area contributed by atoms with E-state index in [9.17, 15) is 4.79 Å². The van der Waals surface area contributed by atoms with E-state index in [0.29, 0.717) is 5.88 Å². The van der Waals surface area contributed by atoms with Gasteiger partial charge in [0.1, 0.15) is 11.3 Å². The van der Waals surface area contributed by atoms with Crippen LogP contribution in [0.2, 0.25) is 5.15 Å². The maximum atomic E-state index is 10.9. The van der Waals surface area contributed by atoms with Crippen LogP contribution in [0.3, 0.4) is 0 Å². The zero-order valence-corrected chi connectivity index (χ0v) is 10.8. The predicted molar refractivity (Wildman–Crippen MR) is 68.3 cm³/mol. The highest BCUT2D eigenvalue weighted by atomic mass is 35.5. The van der Waals surface area contributed by atoms with Gasteiger partial charge in [0, 0.05) is 6.07 Å². The van der Waals surface area contributed by atoms with Crippen LogP contribution < -0.4 is 4.74 Å². The van der Waals surface area contributed by atoms with Crippen molar-refractivity contribution in [3.8, 4) is 5.88 Å². The fraction of sp³-hybridized carbons (Fsp3) is 0.538. The Hall–Kier alpha value is -1.29. The van der Waals surface area contributed by atoms with Gasteiger partial charge in [-0.2, -0.15) is 0 Å². The molecule has 1 fully saturated rings. The molecule has 0 bridgehead atoms. The number of nitrogens with zero attached hydrogens (tertiary/aromatic N) is 1. The van der Waals surface area contributed by atoms with Crippen molar-refractivity contribution in [2.45, 2.75) is 44.6 Å². The van der Waals surface area contributed by atoms with Gasteiger partial charge in [-0.15, -0.1) is 0 Å². The van der Waals surface area contributed by atoms with Crippen LogP contribution in [-0.4, -0.2) is 22.2 Å². The van der Waals surface area contributed by atoms with Crippen LogP contribution >= 0.6 is 11.6 Å². The first-order valence-electron chi connectivity index (χ1n) is 6.22. The van der Waals surface area contributed by atoms with Gasteiger partial charge >= 0.3 is 5.97 Å². The molecule has 0 aliphatic heterocycles. The number of hydrogen-bond donors (Lipinski definition) is 1. The Bertz CT molecular complexity index is 428. The van der Waals surface area contributed by atoms with Gasteiger partial charge < -0.3 is 9.84 Å². The van der Waals surface area contributed by atoms with E-state index in [1.165, 1.54) is 25.0 Å². The number of aromatic nitrogens is 1. The van der Waals surface area contributed by atoms with Crippen LogP contribution in [0.15, 0.2) is 12.1 Å². The van der Waals surface area contributed by atoms with E-state index in [4.69, 9.17) is 21.4 Å². The molecule has 1 N–H and O–H groups in total. The van der Waals surface area contributed by atoms with Crippen molar-refractivity contribution in [3.05, 3.63) is 22.8 Å². The number of aromatic carboxylic acids is 1. The molecule has 1 aromatic heterocycles. The average Bonchev–Trinajstić information content (AvgIpc) is 2.57. The number of carbonyl (C=O) groups is 1. The number of carboxylic acids is 1. The Morgan fingerprint density at radius 1 is 1.28 bits per heavy atom. The Labute approximate surface area is 111 Å². The first kappa shape index (κ1) is 13.1. The highest BCUT2D eigenvalue weighted by molar-refractivity contribution is 6.29. The number of pyridine rings is 1. The van der Waals surface area contributed by atoms with Crippen molar-refractivity contribution in [3.63, 3.8) is 0 Å². The quantitative estimate of drug-likeness (QED) is 0.674. The monoisotopic (exact) mass is 269 g/mol. The lowest BCUT2D eigenvalue weighted by Crippen LogP contribution is -2.16. The molecule has 18 heavy (non-hydrogen) atoms. The summed E-state index contributed by atoms with van der Waals surface area (Å²) < 4.78 is 5.75. The van der Waals surface area contributed by atoms with Gasteiger partial charge in [-0.05, 0) is 31.7 Å². The topological polar surface area (TPSA) is 59.4 Å². The fourth-order valence-corrected chi connectivity index (χ4v) is 2.39. The van der Waals surface area contributed by atoms with Crippen LogP contribution in [0.1, 0.15) is 48.9 Å². The first-order valence-corrected chi connectivity index (χ1v) is 6.60. The molecule has 0 amide bonds. The van der Waals surface area contributed by atoms with Crippen LogP contribution in [0.4, 0.5) is 0 Å². The molecular weight excluding hydrogens is 254 g/mol. The minimum atomic E-state index is -1.02. The van der Waals surface area contributed by atoms with Gasteiger partial charge in [0.25, 0.3) is 0 Å². The molecule has 1 heterocycles. The van der Waals surface area contributed by atoms with E-state index in [2.05, 4.69) is 4.98 Å². The number of hydrogen-bond acceptors (Lipinski definition) is 3. The standard InChI is InChI=1S/C13H16ClNO3/c14-11-7-9(13(16)17)8-12(15-11)18-10-5-3-1-2-4-6-10/h7-8,10H,1-6H2,(H,16,17). The van der Waals surface area contributed by atoms with Gasteiger partial charge in [0.2, 0.25) is 5.88 Å². The summed E-state index contributed by atoms with van der Waals surface area (Å²) in [6.07, 6.45) is 6.90. The smallest absolute Gasteiger partial charge is 0.335 e. The molecule has 1 aliphatic carbocycles. The van der Waals surface area contributed by atoms with Gasteiger partial charge in [-0.1, -0.05) is 24.4 Å². The lowest BCUT2D eigenvalue weighted by atomic mass is 10.1. The summed E-state index contributed by atoms with van der Waals surface area (Å²) in [4.78, 5) is 14.9. The van der Waals surface area contributed by atoms with Crippen molar-refractivity contribution >= 4 is 17.6 Å². The molecule has 98 valence electrons. The number of rotatable bonds is 3. The Morgan fingerprint density at radius 3 is 2.56 bits per heavy atom. The van der Waals surface area contributed by atoms with Crippen molar-refractivity contribution < 1.29 is 14.6 Å². The third kappa shape index (κ3) is 3.60. The summed E-state index contributed by atoms with van der Waals surface area (Å²) in [5.74, 6) is -0.711. The SMILES string of the molecule is O=C(O)c1cc(Cl)nc(OC2CCCCCC2)c1. The summed E-state index contributed by atoms with van der Waals surface area (Å²) >= 11 is 5.79. The summed E-state index contributed by atoms with van der Waals surface area (Å²) in [6, 6.07) is 2.75. The van der Waals surface area contributed by atoms with Crippen LogP contribution in [0, 0.1) is 0 Å². The zero-order chi connectivity index (χ0) is 13.0. The molecule has 0 radical (unpaired) electrons. The van der Waals surface area contributed by atoms with Gasteiger partial charge in [0.15, 0.2) is 0 Å². The lowest BCUT2D eigenvalue weighted by molar-refractivity contribution is 0.0695. The van der Waals surface area contributed by atoms with Crippen molar-refractivity contribution in [1.29, 1.82) is 0 Å². The molecule has 0 atom stereocenters. The first-order chi connectivity index (χ1) is 8.65. The minimum Gasteiger partial charge on any atom is -0.478 e. The van der Waals surface area contributed by atoms with Crippen molar-refractivity contribution in [2.75, 3.05) is 0 Å². The molecule has 1 saturated carbocycles. The second-order valence-electron chi connectivity index (χ2n) is 4.55. The van der Waals surface area contributed by atoms with E-state index in [1.54, 1.807) is 0 Å². The molecule has 4 nitrogen and oxygen atoms in total. The molecule has 0 aromatic carbocycles. The average molecular weight is 270 g/mol. The highest BCUT2D eigenvalue weighted by Gasteiger charge is 2.16. The Morgan fingerprint density at radius 2 is 1.94 bits per heavy atom. The van der Waals surface area contributed by atoms with Gasteiger partial charge in [-0.25, -0.2) is 9.78 Å². The highest BCUT2D eigenvalue weighted by Crippen LogP contribution is 2.23. The maximum absolute atomic E-state index is 10.9. The minimum absolute atomic E-state index is 0.110. The zero-order valence-electron chi connectivity index (χ0n) is 10.1. The molecule has 1 aliphatic rings. The normalized spacial score (nSPS) is 17.2. The summed E-state index contributed by atoms with van der Waals surface area (Å²) in [5.41, 5.74) is 0.110. The Kier molecular flexibility index (Phi) is 4.42. The third-order valence-corrected chi connectivity index (χ3v) is 3.30. The van der Waals surface area contributed by atoms with E-state index in [0.717, 1.165) is 25.7 Å². The molecule has 0 unspecified atom stereocenters. The largest absolute Gasteiger partial charge is 0.478 e. The van der Waals surface area contributed by atoms with Crippen LogP contribution in [0.25, 0.3) is 0 Å². The van der Waals surface area contributed by atoms with Gasteiger partial charge in [0.05, 0.1) is 5.56 Å². The molecule has 0 spiro atoms. The second-order valence-corrected chi connectivity index (χ2v) is 4.94. The number of carboxylic acid groups (broad SMARTS) is 1. The number of ether oxygens (including phenoxy) is 1. The summed E-state index contributed by atoms with van der Waals surface area (Å²) in [6.45, 7) is 0. The summed E-state index contributed by atoms with van der Waals surface area (Å²) in [5, 5.41) is 9.09. The van der Waals surface area contributed by atoms with Crippen LogP contribution in [0.5, 0.6) is 5.88 Å². The van der Waals surface area contributed by atoms with Crippen LogP contribution in [-0.2, 0) is 0 Å². The molecule has 1 aromatic rings. The maximum Gasteiger partial charge on any atom is 0.335 e. The van der Waals surface area contributed by atoms with Crippen molar-refractivity contribution in [2.24, 2.45) is 0 Å². The summed E-state index contributed by atoms with van der Waals surface area (Å²) in [7, 11) is 0. The second kappa shape index (κ2) is 6.05. The molecular formula is C13H16ClNO3. The fourth-order valence-electron chi connectivity index (χ4n) is 2.19. The number of halogens is 1. The van der Waals surface area contributed by atoms with Crippen molar-refractivity contribution in [1.82, 2.24) is 4.98 Å². The van der Waals surface area contributed by atoms with E-state index in [-0.39, 0.29) is 16.8 Å². The Balaban J connectivity index is 2.10. The molecule has 0 saturated heterocycles. The van der Waals surface area contributed by atoms with E-state index in [1.807, 2.05) is 0 Å². The van der Waals surface area contributed by atoms with E-state index < -0.39 is 5.97 Å². The third-order valence-electron chi connectivity index (χ3n) is 3.11.